The molecule has 0 aliphatic heterocycles. The van der Waals surface area contributed by atoms with Crippen LogP contribution in [0.1, 0.15) is 0 Å². The fourth-order valence-electron chi connectivity index (χ4n) is 0.555. The standard InChI is InChI=1S/C7H6O2/c8-6-9-7-4-2-1-3-5-7/h1-5,9H. The molecular formula is C7H6O2. The summed E-state index contributed by atoms with van der Waals surface area (Å²) in [4.78, 5) is 9.68. The van der Waals surface area contributed by atoms with Crippen molar-refractivity contribution in [1.82, 2.24) is 0 Å². The first-order valence-electron chi connectivity index (χ1n) is 2.56. The molecular weight excluding hydrogens is 116 g/mol. The summed E-state index contributed by atoms with van der Waals surface area (Å²) in [6.07, 6.45) is 0. The van der Waals surface area contributed by atoms with Gasteiger partial charge in [0.2, 0.25) is 0 Å². The molecule has 2 heteroatoms. The van der Waals surface area contributed by atoms with Gasteiger partial charge in [-0.1, -0.05) is 35.1 Å². The molecule has 2 nitrogen and oxygen atoms in total. The molecule has 1 aromatic rings. The first-order valence-corrected chi connectivity index (χ1v) is 2.56. The Kier molecular flexibility index (Phi) is 1.85. The minimum atomic E-state index is 0.646. The average Bonchev–Trinajstić information content (AvgIpc) is 1.91. The second-order valence-electron chi connectivity index (χ2n) is 1.54. The van der Waals surface area contributed by atoms with E-state index in [-0.39, 0.29) is 0 Å². The van der Waals surface area contributed by atoms with Crippen LogP contribution in [0.2, 0.25) is 0 Å². The van der Waals surface area contributed by atoms with Crippen molar-refractivity contribution in [2.75, 3.05) is 0 Å². The number of rotatable bonds is 2. The summed E-state index contributed by atoms with van der Waals surface area (Å²) in [7, 11) is 0. The minimum Gasteiger partial charge on any atom is -0.677 e. The Hall–Kier alpha value is -1.31. The topological polar surface area (TPSA) is 29.9 Å². The third-order valence-electron chi connectivity index (χ3n) is 0.931. The molecule has 46 valence electrons. The normalized spacial score (nSPS) is 8.44. The summed E-state index contributed by atoms with van der Waals surface area (Å²) in [6, 6.07) is 8.98. The van der Waals surface area contributed by atoms with Gasteiger partial charge in [-0.2, -0.15) is 0 Å². The maximum Gasteiger partial charge on any atom is 0.455 e. The molecule has 0 atom stereocenters. The molecule has 1 aromatic carbocycles. The van der Waals surface area contributed by atoms with Crippen LogP contribution in [0.25, 0.3) is 0 Å². The molecule has 0 amide bonds. The van der Waals surface area contributed by atoms with Crippen LogP contribution in [0.3, 0.4) is 0 Å². The van der Waals surface area contributed by atoms with E-state index >= 15 is 0 Å². The van der Waals surface area contributed by atoms with Crippen molar-refractivity contribution in [3.8, 4) is 5.75 Å². The Morgan fingerprint density at radius 1 is 1.22 bits per heavy atom. The van der Waals surface area contributed by atoms with E-state index in [4.69, 9.17) is 0 Å². The van der Waals surface area contributed by atoms with E-state index in [2.05, 4.69) is 4.74 Å². The van der Waals surface area contributed by atoms with Crippen molar-refractivity contribution < 1.29 is 9.53 Å². The van der Waals surface area contributed by atoms with Crippen molar-refractivity contribution in [3.63, 3.8) is 0 Å². The molecule has 9 heavy (non-hydrogen) atoms. The van der Waals surface area contributed by atoms with Crippen LogP contribution < -0.4 is 0 Å². The highest BCUT2D eigenvalue weighted by atomic mass is 16.5. The van der Waals surface area contributed by atoms with E-state index in [1.807, 2.05) is 18.2 Å². The summed E-state index contributed by atoms with van der Waals surface area (Å²) >= 11 is 0. The van der Waals surface area contributed by atoms with Gasteiger partial charge in [0.05, 0.1) is 0 Å². The van der Waals surface area contributed by atoms with Crippen molar-refractivity contribution in [3.05, 3.63) is 30.3 Å². The number of aromatic hydroxyl groups is 1. The Labute approximate surface area is 53.1 Å². The second kappa shape index (κ2) is 2.87. The lowest BCUT2D eigenvalue weighted by Crippen LogP contribution is -1.80. The molecule has 1 N–H and O–H groups in total. The molecule has 0 heterocycles. The van der Waals surface area contributed by atoms with Gasteiger partial charge >= 0.3 is 6.47 Å². The quantitative estimate of drug-likeness (QED) is 0.425. The Morgan fingerprint density at radius 3 is 2.44 bits per heavy atom. The van der Waals surface area contributed by atoms with E-state index in [1.165, 1.54) is 6.47 Å². The summed E-state index contributed by atoms with van der Waals surface area (Å²) in [5.74, 6) is 0.646. The van der Waals surface area contributed by atoms with E-state index in [0.717, 1.165) is 0 Å². The fourth-order valence-corrected chi connectivity index (χ4v) is 0.555. The monoisotopic (exact) mass is 122 g/mol. The molecule has 0 aromatic heterocycles. The lowest BCUT2D eigenvalue weighted by atomic mass is 10.3. The molecule has 1 rings (SSSR count). The zero-order valence-corrected chi connectivity index (χ0v) is 4.74. The van der Waals surface area contributed by atoms with Gasteiger partial charge in [0.1, 0.15) is 0 Å². The molecule has 0 unspecified atom stereocenters. The van der Waals surface area contributed by atoms with Gasteiger partial charge in [-0.25, -0.2) is 0 Å². The second-order valence-corrected chi connectivity index (χ2v) is 1.54. The zero-order valence-electron chi connectivity index (χ0n) is 4.74. The predicted octanol–water partition coefficient (Wildman–Crippen LogP) is 0.995. The number of para-hydroxylation sites is 1. The molecule has 0 spiro atoms. The highest BCUT2D eigenvalue weighted by Gasteiger charge is 1.77. The summed E-state index contributed by atoms with van der Waals surface area (Å²) in [5.41, 5.74) is 0. The van der Waals surface area contributed by atoms with Gasteiger partial charge in [0.15, 0.2) is 0 Å². The van der Waals surface area contributed by atoms with Crippen LogP contribution in [-0.2, 0) is 4.79 Å². The van der Waals surface area contributed by atoms with E-state index < -0.39 is 0 Å². The smallest absolute Gasteiger partial charge is 0.455 e. The van der Waals surface area contributed by atoms with E-state index in [1.54, 1.807) is 12.1 Å². The van der Waals surface area contributed by atoms with Crippen LogP contribution in [-0.4, -0.2) is 11.2 Å². The molecule has 0 bridgehead atoms. The SMILES string of the molecule is O=[C-][OH+]c1ccccc1. The van der Waals surface area contributed by atoms with Gasteiger partial charge in [0, 0.05) is 5.75 Å². The largest absolute Gasteiger partial charge is 0.677 e. The highest BCUT2D eigenvalue weighted by Crippen LogP contribution is 2.07. The lowest BCUT2D eigenvalue weighted by molar-refractivity contribution is 0.235. The van der Waals surface area contributed by atoms with Crippen LogP contribution in [0.15, 0.2) is 30.3 Å². The number of benzene rings is 1. The van der Waals surface area contributed by atoms with Gasteiger partial charge in [0.25, 0.3) is 0 Å². The summed E-state index contributed by atoms with van der Waals surface area (Å²) in [6.45, 7) is 1.46. The molecule has 0 saturated carbocycles. The number of hydrogen-bond acceptors (Lipinski definition) is 1. The lowest BCUT2D eigenvalue weighted by Gasteiger charge is -2.02. The third-order valence-corrected chi connectivity index (χ3v) is 0.931. The third kappa shape index (κ3) is 1.57. The first kappa shape index (κ1) is 5.82. The summed E-state index contributed by atoms with van der Waals surface area (Å²) < 4.78 is 3.40. The molecule has 0 aliphatic carbocycles. The van der Waals surface area contributed by atoms with Gasteiger partial charge in [-0.3, -0.25) is 0 Å². The van der Waals surface area contributed by atoms with E-state index in [9.17, 15) is 4.79 Å². The average molecular weight is 122 g/mol. The van der Waals surface area contributed by atoms with Gasteiger partial charge in [-0.05, 0) is 0 Å². The zero-order chi connectivity index (χ0) is 6.53. The van der Waals surface area contributed by atoms with Crippen LogP contribution in [0.4, 0.5) is 0 Å². The Bertz CT molecular complexity index is 181. The number of hydrogen-bond donors (Lipinski definition) is 0. The predicted molar refractivity (Wildman–Crippen MR) is 33.8 cm³/mol. The Balaban J connectivity index is 2.72. The molecule has 0 radical (unpaired) electrons. The van der Waals surface area contributed by atoms with E-state index in [0.29, 0.717) is 5.75 Å². The first-order chi connectivity index (χ1) is 4.43. The van der Waals surface area contributed by atoms with Gasteiger partial charge < -0.3 is 4.74 Å². The Morgan fingerprint density at radius 2 is 1.89 bits per heavy atom. The summed E-state index contributed by atoms with van der Waals surface area (Å²) in [5, 5.41) is 0. The van der Waals surface area contributed by atoms with Crippen molar-refractivity contribution >= 4 is 6.47 Å². The van der Waals surface area contributed by atoms with Gasteiger partial charge in [-0.15, -0.1) is 0 Å². The maximum atomic E-state index is 9.68. The van der Waals surface area contributed by atoms with Crippen LogP contribution >= 0.6 is 0 Å². The van der Waals surface area contributed by atoms with Crippen LogP contribution in [0.5, 0.6) is 5.75 Å². The minimum absolute atomic E-state index is 0.646. The highest BCUT2D eigenvalue weighted by molar-refractivity contribution is 5.42. The van der Waals surface area contributed by atoms with Crippen LogP contribution in [0, 0.1) is 0 Å². The molecule has 0 fully saturated rings. The van der Waals surface area contributed by atoms with Crippen molar-refractivity contribution in [2.45, 2.75) is 0 Å². The van der Waals surface area contributed by atoms with Crippen molar-refractivity contribution in [2.24, 2.45) is 0 Å². The molecule has 0 aliphatic rings. The maximum absolute atomic E-state index is 9.68. The van der Waals surface area contributed by atoms with Crippen molar-refractivity contribution in [1.29, 1.82) is 0 Å². The number of ether oxygens (including phenoxy) is 1. The fraction of sp³-hybridized carbons (Fsp3) is 0. The molecule has 0 saturated heterocycles.